The zero-order valence-electron chi connectivity index (χ0n) is 19.2. The van der Waals surface area contributed by atoms with Crippen molar-refractivity contribution in [2.75, 3.05) is 13.7 Å². The van der Waals surface area contributed by atoms with Crippen LogP contribution in [0.3, 0.4) is 0 Å². The van der Waals surface area contributed by atoms with E-state index in [0.717, 1.165) is 50.0 Å². The average Bonchev–Trinajstić information content (AvgIpc) is 3.67. The highest BCUT2D eigenvalue weighted by Gasteiger charge is 2.75. The molecule has 6 heteroatoms. The molecule has 1 aromatic carbocycles. The lowest BCUT2D eigenvalue weighted by Crippen LogP contribution is -2.58. The third kappa shape index (κ3) is 2.74. The Bertz CT molecular complexity index is 1080. The maximum Gasteiger partial charge on any atom is 0.257 e. The third-order valence-electron chi connectivity index (χ3n) is 9.64. The minimum absolute atomic E-state index is 0.0204. The third-order valence-corrected chi connectivity index (χ3v) is 9.84. The predicted octanol–water partition coefficient (Wildman–Crippen LogP) is 4.46. The molecule has 2 spiro atoms. The lowest BCUT2D eigenvalue weighted by atomic mass is 9.54. The molecule has 2 unspecified atom stereocenters. The minimum atomic E-state index is -0.827. The van der Waals surface area contributed by atoms with E-state index in [1.54, 1.807) is 5.57 Å². The van der Waals surface area contributed by atoms with Gasteiger partial charge in [0.25, 0.3) is 5.91 Å². The van der Waals surface area contributed by atoms with Crippen LogP contribution in [0, 0.1) is 16.7 Å². The molecule has 0 bridgehead atoms. The van der Waals surface area contributed by atoms with Gasteiger partial charge in [-0.1, -0.05) is 17.7 Å². The first-order valence-electron chi connectivity index (χ1n) is 12.7. The zero-order valence-corrected chi connectivity index (χ0v) is 20.1. The van der Waals surface area contributed by atoms with Gasteiger partial charge in [0.1, 0.15) is 5.75 Å². The van der Waals surface area contributed by atoms with Crippen LogP contribution in [-0.2, 0) is 15.1 Å². The Hall–Kier alpha value is -1.92. The molecule has 174 valence electrons. The summed E-state index contributed by atoms with van der Waals surface area (Å²) in [4.78, 5) is 13.9. The minimum Gasteiger partial charge on any atom is -0.493 e. The summed E-state index contributed by atoms with van der Waals surface area (Å²) in [6.07, 6.45) is 12.6. The largest absolute Gasteiger partial charge is 0.493 e. The van der Waals surface area contributed by atoms with E-state index >= 15 is 0 Å². The maximum absolute atomic E-state index is 13.9. The number of amides is 1. The van der Waals surface area contributed by atoms with E-state index in [1.807, 2.05) is 7.11 Å². The fourth-order valence-electron chi connectivity index (χ4n) is 7.70. The Morgan fingerprint density at radius 3 is 2.45 bits per heavy atom. The summed E-state index contributed by atoms with van der Waals surface area (Å²) in [7, 11) is 1.82. The second kappa shape index (κ2) is 6.82. The van der Waals surface area contributed by atoms with Crippen LogP contribution in [0.2, 0.25) is 0 Å². The van der Waals surface area contributed by atoms with Crippen molar-refractivity contribution < 1.29 is 14.3 Å². The SMILES string of the molecule is COC1CCC2(CC1)C(C1(C3=CC3)CC1)c1ccc(OCC3CC3)cc1C21NC(=S)NC1=O. The molecule has 0 radical (unpaired) electrons. The molecular weight excluding hydrogens is 432 g/mol. The number of carbonyl (C=O) groups excluding carboxylic acids is 1. The molecule has 2 atom stereocenters. The molecule has 2 N–H and O–H groups in total. The van der Waals surface area contributed by atoms with E-state index in [4.69, 9.17) is 21.7 Å². The Balaban J connectivity index is 1.40. The Morgan fingerprint density at radius 2 is 1.88 bits per heavy atom. The molecule has 5 nitrogen and oxygen atoms in total. The van der Waals surface area contributed by atoms with Gasteiger partial charge in [0.05, 0.1) is 12.7 Å². The van der Waals surface area contributed by atoms with Gasteiger partial charge in [0.15, 0.2) is 10.7 Å². The van der Waals surface area contributed by atoms with Gasteiger partial charge in [-0.15, -0.1) is 0 Å². The van der Waals surface area contributed by atoms with Gasteiger partial charge >= 0.3 is 0 Å². The quantitative estimate of drug-likeness (QED) is 0.481. The molecule has 1 aliphatic heterocycles. The molecule has 1 amide bonds. The van der Waals surface area contributed by atoms with Gasteiger partial charge in [0, 0.05) is 18.4 Å². The van der Waals surface area contributed by atoms with E-state index in [2.05, 4.69) is 34.9 Å². The van der Waals surface area contributed by atoms with Gasteiger partial charge in [0.2, 0.25) is 0 Å². The van der Waals surface area contributed by atoms with Crippen LogP contribution in [0.5, 0.6) is 5.75 Å². The molecule has 1 aromatic rings. The van der Waals surface area contributed by atoms with E-state index in [9.17, 15) is 4.79 Å². The highest BCUT2D eigenvalue weighted by molar-refractivity contribution is 7.80. The topological polar surface area (TPSA) is 59.6 Å². The monoisotopic (exact) mass is 464 g/mol. The van der Waals surface area contributed by atoms with Crippen LogP contribution in [-0.4, -0.2) is 30.8 Å². The molecule has 3 saturated carbocycles. The van der Waals surface area contributed by atoms with Crippen molar-refractivity contribution in [2.45, 2.75) is 75.3 Å². The standard InChI is InChI=1S/C27H32N2O3S/c1-31-18-8-10-26(11-9-18)22(25(12-13-25)17-4-5-17)20-7-6-19(32-15-16-2-3-16)14-21(20)27(26)23(30)28-24(33)29-27/h4,6-7,14,16,18,22H,2-3,5,8-13,15H2,1H3,(H2,28,29,30,33). The normalized spacial score (nSPS) is 37.5. The number of fused-ring (bicyclic) bond motifs is 3. The van der Waals surface area contributed by atoms with Crippen molar-refractivity contribution in [1.82, 2.24) is 10.6 Å². The van der Waals surface area contributed by atoms with Gasteiger partial charge in [-0.2, -0.15) is 0 Å². The second-order valence-electron chi connectivity index (χ2n) is 11.3. The van der Waals surface area contributed by atoms with Crippen molar-refractivity contribution in [3.05, 3.63) is 41.0 Å². The Morgan fingerprint density at radius 1 is 1.12 bits per heavy atom. The van der Waals surface area contributed by atoms with Crippen molar-refractivity contribution in [3.63, 3.8) is 0 Å². The van der Waals surface area contributed by atoms with Crippen LogP contribution >= 0.6 is 12.2 Å². The first kappa shape index (κ1) is 20.5. The summed E-state index contributed by atoms with van der Waals surface area (Å²) in [5.74, 6) is 1.91. The maximum atomic E-state index is 13.9. The molecule has 5 aliphatic carbocycles. The summed E-state index contributed by atoms with van der Waals surface area (Å²) in [5.41, 5.74) is 3.21. The van der Waals surface area contributed by atoms with Gasteiger partial charge < -0.3 is 20.1 Å². The molecule has 1 heterocycles. The summed E-state index contributed by atoms with van der Waals surface area (Å²) in [6, 6.07) is 6.59. The fourth-order valence-corrected chi connectivity index (χ4v) is 7.94. The molecule has 33 heavy (non-hydrogen) atoms. The molecule has 1 saturated heterocycles. The Kier molecular flexibility index (Phi) is 4.23. The lowest BCUT2D eigenvalue weighted by Gasteiger charge is -2.51. The van der Waals surface area contributed by atoms with Gasteiger partial charge in [-0.3, -0.25) is 4.79 Å². The van der Waals surface area contributed by atoms with Crippen LogP contribution in [0.1, 0.15) is 74.8 Å². The van der Waals surface area contributed by atoms with Crippen molar-refractivity contribution in [2.24, 2.45) is 16.7 Å². The molecule has 6 aliphatic rings. The van der Waals surface area contributed by atoms with Crippen LogP contribution in [0.25, 0.3) is 0 Å². The molecule has 7 rings (SSSR count). The Labute approximate surface area is 200 Å². The van der Waals surface area contributed by atoms with E-state index < -0.39 is 5.54 Å². The number of methoxy groups -OCH3 is 1. The van der Waals surface area contributed by atoms with E-state index in [-0.39, 0.29) is 22.8 Å². The van der Waals surface area contributed by atoms with Crippen LogP contribution in [0.15, 0.2) is 29.8 Å². The molecular formula is C27H32N2O3S. The smallest absolute Gasteiger partial charge is 0.257 e. The molecule has 0 aromatic heterocycles. The number of carbonyl (C=O) groups is 1. The zero-order chi connectivity index (χ0) is 22.4. The summed E-state index contributed by atoms with van der Waals surface area (Å²) in [5, 5.41) is 7.03. The highest BCUT2D eigenvalue weighted by Crippen LogP contribution is 2.77. The highest BCUT2D eigenvalue weighted by atomic mass is 32.1. The predicted molar refractivity (Wildman–Crippen MR) is 129 cm³/mol. The number of ether oxygens (including phenoxy) is 2. The van der Waals surface area contributed by atoms with Crippen molar-refractivity contribution >= 4 is 23.2 Å². The van der Waals surface area contributed by atoms with Crippen LogP contribution < -0.4 is 15.4 Å². The average molecular weight is 465 g/mol. The van der Waals surface area contributed by atoms with E-state index in [1.165, 1.54) is 31.2 Å². The fraction of sp³-hybridized carbons (Fsp3) is 0.630. The lowest BCUT2D eigenvalue weighted by molar-refractivity contribution is -0.133. The van der Waals surface area contributed by atoms with Gasteiger partial charge in [-0.05, 0) is 105 Å². The second-order valence-corrected chi connectivity index (χ2v) is 11.7. The number of rotatable bonds is 6. The molecule has 4 fully saturated rings. The number of allylic oxidation sites excluding steroid dienone is 2. The first-order chi connectivity index (χ1) is 16.0. The van der Waals surface area contributed by atoms with Crippen molar-refractivity contribution in [3.8, 4) is 5.75 Å². The number of hydrogen-bond donors (Lipinski definition) is 2. The number of thiocarbonyl (C=S) groups is 1. The van der Waals surface area contributed by atoms with Crippen molar-refractivity contribution in [1.29, 1.82) is 0 Å². The first-order valence-corrected chi connectivity index (χ1v) is 13.1. The van der Waals surface area contributed by atoms with Crippen LogP contribution in [0.4, 0.5) is 0 Å². The number of benzene rings is 1. The summed E-state index contributed by atoms with van der Waals surface area (Å²) < 4.78 is 12.0. The van der Waals surface area contributed by atoms with Gasteiger partial charge in [-0.25, -0.2) is 0 Å². The summed E-state index contributed by atoms with van der Waals surface area (Å²) in [6.45, 7) is 0.769. The number of hydrogen-bond acceptors (Lipinski definition) is 4. The number of nitrogens with one attached hydrogen (secondary N) is 2. The summed E-state index contributed by atoms with van der Waals surface area (Å²) >= 11 is 5.56. The van der Waals surface area contributed by atoms with E-state index in [0.29, 0.717) is 16.9 Å².